The molecule has 1 N–H and O–H groups in total. The van der Waals surface area contributed by atoms with Gasteiger partial charge in [-0.3, -0.25) is 4.98 Å². The highest BCUT2D eigenvalue weighted by Crippen LogP contribution is 2.40. The summed E-state index contributed by atoms with van der Waals surface area (Å²) in [7, 11) is 0. The van der Waals surface area contributed by atoms with Gasteiger partial charge in [0.1, 0.15) is 0 Å². The number of rotatable bonds is 4. The van der Waals surface area contributed by atoms with Gasteiger partial charge in [-0.1, -0.05) is 19.1 Å². The minimum atomic E-state index is 0.416. The van der Waals surface area contributed by atoms with Crippen molar-refractivity contribution in [2.75, 3.05) is 6.54 Å². The number of fused-ring (bicyclic) bond motifs is 1. The topological polar surface area (TPSA) is 24.9 Å². The molecule has 3 rings (SSSR count). The smallest absolute Gasteiger partial charge is 0.0499 e. The van der Waals surface area contributed by atoms with Gasteiger partial charge in [-0.25, -0.2) is 0 Å². The van der Waals surface area contributed by atoms with E-state index in [1.165, 1.54) is 35.4 Å². The second-order valence-corrected chi connectivity index (χ2v) is 6.08. The van der Waals surface area contributed by atoms with Gasteiger partial charge in [-0.15, -0.1) is 11.3 Å². The summed E-state index contributed by atoms with van der Waals surface area (Å²) in [5, 5.41) is 5.83. The average molecular weight is 272 g/mol. The van der Waals surface area contributed by atoms with Gasteiger partial charge in [0, 0.05) is 28.7 Å². The fourth-order valence-electron chi connectivity index (χ4n) is 3.10. The van der Waals surface area contributed by atoms with E-state index in [1.807, 2.05) is 17.5 Å². The van der Waals surface area contributed by atoms with Crippen molar-refractivity contribution in [3.8, 4) is 0 Å². The fraction of sp³-hybridized carbons (Fsp3) is 0.438. The molecule has 0 aromatic carbocycles. The normalized spacial score (nSPS) is 19.9. The minimum Gasteiger partial charge on any atom is -0.309 e. The first-order chi connectivity index (χ1) is 9.40. The molecule has 0 amide bonds. The summed E-state index contributed by atoms with van der Waals surface area (Å²) in [6, 6.07) is 9.11. The van der Waals surface area contributed by atoms with Gasteiger partial charge < -0.3 is 5.32 Å². The Labute approximate surface area is 118 Å². The van der Waals surface area contributed by atoms with E-state index in [1.54, 1.807) is 0 Å². The van der Waals surface area contributed by atoms with Crippen LogP contribution in [0, 0.1) is 0 Å². The minimum absolute atomic E-state index is 0.416. The molecule has 0 aliphatic heterocycles. The van der Waals surface area contributed by atoms with Gasteiger partial charge >= 0.3 is 0 Å². The van der Waals surface area contributed by atoms with E-state index in [-0.39, 0.29) is 0 Å². The number of hydrogen-bond acceptors (Lipinski definition) is 3. The van der Waals surface area contributed by atoms with Crippen LogP contribution in [0.15, 0.2) is 35.8 Å². The lowest BCUT2D eigenvalue weighted by molar-refractivity contribution is 0.405. The molecule has 2 aromatic heterocycles. The molecule has 3 heteroatoms. The molecular weight excluding hydrogens is 252 g/mol. The fourth-order valence-corrected chi connectivity index (χ4v) is 3.96. The van der Waals surface area contributed by atoms with E-state index in [4.69, 9.17) is 0 Å². The number of aryl methyl sites for hydroxylation is 1. The molecule has 0 fully saturated rings. The molecule has 1 aliphatic carbocycles. The van der Waals surface area contributed by atoms with Crippen LogP contribution in [0.2, 0.25) is 0 Å². The van der Waals surface area contributed by atoms with E-state index in [0.29, 0.717) is 12.0 Å². The third kappa shape index (κ3) is 2.58. The number of likely N-dealkylation sites (N-methyl/N-ethyl adjacent to an activating group) is 1. The van der Waals surface area contributed by atoms with Crippen LogP contribution in [-0.2, 0) is 6.42 Å². The van der Waals surface area contributed by atoms with Gasteiger partial charge in [0.05, 0.1) is 0 Å². The number of thiophene rings is 1. The molecule has 100 valence electrons. The maximum atomic E-state index is 4.68. The summed E-state index contributed by atoms with van der Waals surface area (Å²) in [5.74, 6) is 0.517. The first-order valence-electron chi connectivity index (χ1n) is 7.10. The van der Waals surface area contributed by atoms with Crippen molar-refractivity contribution in [3.05, 3.63) is 52.0 Å². The second-order valence-electron chi connectivity index (χ2n) is 5.10. The van der Waals surface area contributed by atoms with Crippen LogP contribution in [0.3, 0.4) is 0 Å². The third-order valence-electron chi connectivity index (χ3n) is 3.91. The zero-order valence-electron chi connectivity index (χ0n) is 11.3. The van der Waals surface area contributed by atoms with E-state index in [2.05, 4.69) is 46.9 Å². The lowest BCUT2D eigenvalue weighted by Gasteiger charge is -2.31. The van der Waals surface area contributed by atoms with Crippen LogP contribution in [0.1, 0.15) is 47.9 Å². The van der Waals surface area contributed by atoms with Gasteiger partial charge in [-0.05, 0) is 48.9 Å². The third-order valence-corrected chi connectivity index (χ3v) is 4.87. The maximum Gasteiger partial charge on any atom is 0.0499 e. The summed E-state index contributed by atoms with van der Waals surface area (Å²) in [5.41, 5.74) is 2.76. The predicted octanol–water partition coefficient (Wildman–Crippen LogP) is 3.91. The monoisotopic (exact) mass is 272 g/mol. The summed E-state index contributed by atoms with van der Waals surface area (Å²) in [4.78, 5) is 6.11. The molecule has 2 nitrogen and oxygen atoms in total. The van der Waals surface area contributed by atoms with Crippen molar-refractivity contribution < 1.29 is 0 Å². The Morgan fingerprint density at radius 1 is 1.42 bits per heavy atom. The Hall–Kier alpha value is -1.19. The second kappa shape index (κ2) is 5.85. The van der Waals surface area contributed by atoms with Crippen molar-refractivity contribution in [1.29, 1.82) is 0 Å². The van der Waals surface area contributed by atoms with Crippen molar-refractivity contribution in [2.45, 2.75) is 38.1 Å². The molecule has 0 radical (unpaired) electrons. The summed E-state index contributed by atoms with van der Waals surface area (Å²) in [6.45, 7) is 3.18. The van der Waals surface area contributed by atoms with Crippen molar-refractivity contribution >= 4 is 11.3 Å². The predicted molar refractivity (Wildman–Crippen MR) is 80.7 cm³/mol. The standard InChI is InChI=1S/C16H20N2S/c1-2-17-16(14-9-5-11-19-14)13-8-3-6-12-7-4-10-18-15(12)13/h4-5,7,9-11,13,16-17H,2-3,6,8H2,1H3. The zero-order chi connectivity index (χ0) is 13.1. The van der Waals surface area contributed by atoms with Crippen LogP contribution in [0.4, 0.5) is 0 Å². The van der Waals surface area contributed by atoms with E-state index >= 15 is 0 Å². The number of pyridine rings is 1. The molecule has 0 saturated heterocycles. The number of nitrogens with one attached hydrogen (secondary N) is 1. The maximum absolute atomic E-state index is 4.68. The highest BCUT2D eigenvalue weighted by Gasteiger charge is 2.30. The molecule has 0 spiro atoms. The van der Waals surface area contributed by atoms with Crippen LogP contribution < -0.4 is 5.32 Å². The number of aromatic nitrogens is 1. The van der Waals surface area contributed by atoms with Crippen LogP contribution in [-0.4, -0.2) is 11.5 Å². The Kier molecular flexibility index (Phi) is 3.95. The number of nitrogens with zero attached hydrogens (tertiary/aromatic N) is 1. The highest BCUT2D eigenvalue weighted by atomic mass is 32.1. The molecule has 1 aliphatic rings. The largest absolute Gasteiger partial charge is 0.309 e. The molecule has 19 heavy (non-hydrogen) atoms. The molecule has 0 saturated carbocycles. The van der Waals surface area contributed by atoms with Crippen LogP contribution in [0.25, 0.3) is 0 Å². The number of hydrogen-bond donors (Lipinski definition) is 1. The SMILES string of the molecule is CCNC(c1cccs1)C1CCCc2cccnc21. The summed E-state index contributed by atoms with van der Waals surface area (Å²) < 4.78 is 0. The quantitative estimate of drug-likeness (QED) is 0.912. The summed E-state index contributed by atoms with van der Waals surface area (Å²) >= 11 is 1.85. The van der Waals surface area contributed by atoms with Crippen LogP contribution in [0.5, 0.6) is 0 Å². The summed E-state index contributed by atoms with van der Waals surface area (Å²) in [6.07, 6.45) is 5.63. The first kappa shape index (κ1) is 12.8. The van der Waals surface area contributed by atoms with Crippen LogP contribution >= 0.6 is 11.3 Å². The molecule has 2 heterocycles. The highest BCUT2D eigenvalue weighted by molar-refractivity contribution is 7.10. The Balaban J connectivity index is 1.96. The van der Waals surface area contributed by atoms with Crippen molar-refractivity contribution in [3.63, 3.8) is 0 Å². The van der Waals surface area contributed by atoms with Gasteiger partial charge in [-0.2, -0.15) is 0 Å². The van der Waals surface area contributed by atoms with E-state index in [9.17, 15) is 0 Å². The lowest BCUT2D eigenvalue weighted by Crippen LogP contribution is -2.29. The van der Waals surface area contributed by atoms with Crippen molar-refractivity contribution in [1.82, 2.24) is 10.3 Å². The van der Waals surface area contributed by atoms with Gasteiger partial charge in [0.25, 0.3) is 0 Å². The molecule has 2 aromatic rings. The Morgan fingerprint density at radius 2 is 2.37 bits per heavy atom. The average Bonchev–Trinajstić information content (AvgIpc) is 2.98. The Bertz CT molecular complexity index is 521. The lowest BCUT2D eigenvalue weighted by atomic mass is 9.81. The van der Waals surface area contributed by atoms with Crippen molar-refractivity contribution in [2.24, 2.45) is 0 Å². The van der Waals surface area contributed by atoms with Gasteiger partial charge in [0.2, 0.25) is 0 Å². The van der Waals surface area contributed by atoms with Gasteiger partial charge in [0.15, 0.2) is 0 Å². The molecular formula is C16H20N2S. The zero-order valence-corrected chi connectivity index (χ0v) is 12.1. The molecule has 2 unspecified atom stereocenters. The molecule has 2 atom stereocenters. The first-order valence-corrected chi connectivity index (χ1v) is 7.98. The Morgan fingerprint density at radius 3 is 3.16 bits per heavy atom. The molecule has 0 bridgehead atoms. The van der Waals surface area contributed by atoms with E-state index < -0.39 is 0 Å². The van der Waals surface area contributed by atoms with E-state index in [0.717, 1.165) is 6.54 Å².